The van der Waals surface area contributed by atoms with Gasteiger partial charge < -0.3 is 14.9 Å². The summed E-state index contributed by atoms with van der Waals surface area (Å²) in [5, 5.41) is 12.2. The summed E-state index contributed by atoms with van der Waals surface area (Å²) in [6, 6.07) is 11.1. The molecule has 5 heteroatoms. The summed E-state index contributed by atoms with van der Waals surface area (Å²) in [5.41, 5.74) is 0.377. The first-order valence-electron chi connectivity index (χ1n) is 9.81. The normalized spacial score (nSPS) is 23.2. The van der Waals surface area contributed by atoms with Crippen molar-refractivity contribution in [2.45, 2.75) is 32.6 Å². The zero-order valence-corrected chi connectivity index (χ0v) is 15.8. The van der Waals surface area contributed by atoms with E-state index in [4.69, 9.17) is 0 Å². The average molecular weight is 366 g/mol. The maximum Gasteiger partial charge on any atom is 0.258 e. The molecule has 0 saturated carbocycles. The lowest BCUT2D eigenvalue weighted by atomic mass is 9.73. The number of carbonyl (C=O) groups is 2. The molecule has 2 aromatic rings. The number of aromatic hydroxyl groups is 1. The number of carbonyl (C=O) groups excluding carboxylic acids is 2. The molecule has 0 unspecified atom stereocenters. The highest BCUT2D eigenvalue weighted by Crippen LogP contribution is 2.40. The van der Waals surface area contributed by atoms with Crippen LogP contribution in [0.25, 0.3) is 10.8 Å². The molecule has 5 nitrogen and oxygen atoms in total. The fraction of sp³-hybridized carbons (Fsp3) is 0.455. The van der Waals surface area contributed by atoms with Gasteiger partial charge in [-0.3, -0.25) is 9.59 Å². The number of hydrogen-bond acceptors (Lipinski definition) is 3. The highest BCUT2D eigenvalue weighted by molar-refractivity contribution is 6.09. The number of amides is 2. The van der Waals surface area contributed by atoms with Gasteiger partial charge >= 0.3 is 0 Å². The summed E-state index contributed by atoms with van der Waals surface area (Å²) < 4.78 is 0. The van der Waals surface area contributed by atoms with Crippen molar-refractivity contribution in [1.29, 1.82) is 0 Å². The van der Waals surface area contributed by atoms with E-state index in [1.807, 2.05) is 47.1 Å². The molecule has 0 aromatic heterocycles. The van der Waals surface area contributed by atoms with Crippen LogP contribution in [0.1, 0.15) is 43.0 Å². The fourth-order valence-electron chi connectivity index (χ4n) is 4.75. The van der Waals surface area contributed by atoms with E-state index in [1.165, 1.54) is 0 Å². The van der Waals surface area contributed by atoms with E-state index in [9.17, 15) is 14.7 Å². The number of nitrogens with zero attached hydrogens (tertiary/aromatic N) is 2. The fourth-order valence-corrected chi connectivity index (χ4v) is 4.75. The Labute approximate surface area is 159 Å². The molecule has 2 aliphatic rings. The van der Waals surface area contributed by atoms with Gasteiger partial charge in [0.05, 0.1) is 5.56 Å². The molecular weight excluding hydrogens is 340 g/mol. The molecule has 1 N–H and O–H groups in total. The minimum atomic E-state index is -0.108. The Balaban J connectivity index is 1.64. The van der Waals surface area contributed by atoms with Gasteiger partial charge in [0.15, 0.2) is 0 Å². The quantitative estimate of drug-likeness (QED) is 0.886. The molecule has 0 bridgehead atoms. The Morgan fingerprint density at radius 2 is 1.96 bits per heavy atom. The van der Waals surface area contributed by atoms with Crippen molar-refractivity contribution in [1.82, 2.24) is 9.80 Å². The second kappa shape index (κ2) is 6.87. The van der Waals surface area contributed by atoms with Gasteiger partial charge in [-0.15, -0.1) is 0 Å². The summed E-state index contributed by atoms with van der Waals surface area (Å²) >= 11 is 0. The van der Waals surface area contributed by atoms with Crippen molar-refractivity contribution >= 4 is 22.6 Å². The van der Waals surface area contributed by atoms with E-state index in [2.05, 4.69) is 0 Å². The third-order valence-electron chi connectivity index (χ3n) is 6.20. The average Bonchev–Trinajstić information content (AvgIpc) is 2.69. The smallest absolute Gasteiger partial charge is 0.258 e. The number of phenolic OH excluding ortho intramolecular Hbond substituents is 1. The number of fused-ring (bicyclic) bond motifs is 1. The van der Waals surface area contributed by atoms with E-state index >= 15 is 0 Å². The number of phenols is 1. The Kier molecular flexibility index (Phi) is 4.54. The van der Waals surface area contributed by atoms with E-state index in [0.29, 0.717) is 25.1 Å². The molecule has 2 fully saturated rings. The van der Waals surface area contributed by atoms with Gasteiger partial charge in [-0.1, -0.05) is 30.3 Å². The van der Waals surface area contributed by atoms with E-state index in [-0.39, 0.29) is 23.0 Å². The lowest BCUT2D eigenvalue weighted by Gasteiger charge is -2.48. The van der Waals surface area contributed by atoms with Crippen molar-refractivity contribution in [2.24, 2.45) is 5.41 Å². The van der Waals surface area contributed by atoms with Crippen LogP contribution in [0, 0.1) is 5.41 Å². The molecule has 142 valence electrons. The number of benzene rings is 2. The highest BCUT2D eigenvalue weighted by atomic mass is 16.3. The van der Waals surface area contributed by atoms with E-state index in [0.717, 1.165) is 43.1 Å². The Bertz CT molecular complexity index is 894. The number of hydrogen-bond donors (Lipinski definition) is 1. The van der Waals surface area contributed by atoms with Crippen molar-refractivity contribution < 1.29 is 14.7 Å². The second-order valence-electron chi connectivity index (χ2n) is 7.92. The summed E-state index contributed by atoms with van der Waals surface area (Å²) in [6.45, 7) is 4.81. The molecule has 4 rings (SSSR count). The van der Waals surface area contributed by atoms with Gasteiger partial charge in [-0.05, 0) is 43.0 Å². The first kappa shape index (κ1) is 17.8. The zero-order chi connectivity index (χ0) is 19.0. The molecule has 27 heavy (non-hydrogen) atoms. The maximum atomic E-state index is 13.4. The lowest BCUT2D eigenvalue weighted by Crippen LogP contribution is -2.55. The number of likely N-dealkylation sites (tertiary alicyclic amines) is 2. The van der Waals surface area contributed by atoms with Crippen LogP contribution in [0.4, 0.5) is 0 Å². The van der Waals surface area contributed by atoms with Crippen molar-refractivity contribution in [3.8, 4) is 5.75 Å². The zero-order valence-electron chi connectivity index (χ0n) is 15.8. The highest BCUT2D eigenvalue weighted by Gasteiger charge is 2.42. The van der Waals surface area contributed by atoms with E-state index in [1.54, 1.807) is 6.07 Å². The maximum absolute atomic E-state index is 13.4. The second-order valence-corrected chi connectivity index (χ2v) is 7.92. The molecule has 1 spiro atoms. The van der Waals surface area contributed by atoms with E-state index < -0.39 is 0 Å². The van der Waals surface area contributed by atoms with Gasteiger partial charge in [-0.25, -0.2) is 0 Å². The van der Waals surface area contributed by atoms with Crippen LogP contribution in [0.15, 0.2) is 36.4 Å². The molecule has 2 heterocycles. The molecule has 2 amide bonds. The van der Waals surface area contributed by atoms with Crippen LogP contribution in [0.5, 0.6) is 5.75 Å². The Hall–Kier alpha value is -2.56. The minimum absolute atomic E-state index is 0.0158. The Morgan fingerprint density at radius 1 is 1.15 bits per heavy atom. The van der Waals surface area contributed by atoms with Crippen LogP contribution in [-0.4, -0.2) is 52.9 Å². The standard InChI is InChI=1S/C22H26N2O3/c1-2-23-14-22(12-10-19(23)26)11-5-13-24(15-22)21(27)20-17-7-4-3-6-16(17)8-9-18(20)25/h3-4,6-9,25H,2,5,10-15H2,1H3/t22-/m0/s1. The number of piperidine rings is 2. The third kappa shape index (κ3) is 3.15. The van der Waals surface area contributed by atoms with Crippen LogP contribution in [0.2, 0.25) is 0 Å². The van der Waals surface area contributed by atoms with Crippen LogP contribution in [-0.2, 0) is 4.79 Å². The predicted octanol–water partition coefficient (Wildman–Crippen LogP) is 3.41. The van der Waals surface area contributed by atoms with Gasteiger partial charge in [0.1, 0.15) is 5.75 Å². The predicted molar refractivity (Wildman–Crippen MR) is 105 cm³/mol. The summed E-state index contributed by atoms with van der Waals surface area (Å²) in [5.74, 6) is 0.147. The summed E-state index contributed by atoms with van der Waals surface area (Å²) in [4.78, 5) is 29.3. The first-order chi connectivity index (χ1) is 13.0. The van der Waals surface area contributed by atoms with Gasteiger partial charge in [0, 0.05) is 38.0 Å². The minimum Gasteiger partial charge on any atom is -0.507 e. The molecule has 0 aliphatic carbocycles. The largest absolute Gasteiger partial charge is 0.507 e. The number of rotatable bonds is 2. The lowest BCUT2D eigenvalue weighted by molar-refractivity contribution is -0.138. The molecule has 1 atom stereocenters. The van der Waals surface area contributed by atoms with Crippen molar-refractivity contribution in [2.75, 3.05) is 26.2 Å². The van der Waals surface area contributed by atoms with Crippen molar-refractivity contribution in [3.05, 3.63) is 42.0 Å². The van der Waals surface area contributed by atoms with Gasteiger partial charge in [-0.2, -0.15) is 0 Å². The molecule has 2 aliphatic heterocycles. The molecule has 2 saturated heterocycles. The monoisotopic (exact) mass is 366 g/mol. The van der Waals surface area contributed by atoms with Gasteiger partial charge in [0.25, 0.3) is 5.91 Å². The topological polar surface area (TPSA) is 60.9 Å². The van der Waals surface area contributed by atoms with Crippen molar-refractivity contribution in [3.63, 3.8) is 0 Å². The summed E-state index contributed by atoms with van der Waals surface area (Å²) in [6.07, 6.45) is 3.38. The van der Waals surface area contributed by atoms with Gasteiger partial charge in [0.2, 0.25) is 5.91 Å². The molecule has 2 aromatic carbocycles. The van der Waals surface area contributed by atoms with Crippen LogP contribution >= 0.6 is 0 Å². The third-order valence-corrected chi connectivity index (χ3v) is 6.20. The Morgan fingerprint density at radius 3 is 2.78 bits per heavy atom. The SMILES string of the molecule is CCN1C[C@]2(CCCN(C(=O)c3c(O)ccc4ccccc34)C2)CCC1=O. The van der Waals surface area contributed by atoms with Crippen LogP contribution in [0.3, 0.4) is 0 Å². The first-order valence-corrected chi connectivity index (χ1v) is 9.81. The molecular formula is C22H26N2O3. The summed E-state index contributed by atoms with van der Waals surface area (Å²) in [7, 11) is 0. The molecule has 0 radical (unpaired) electrons. The van der Waals surface area contributed by atoms with Crippen LogP contribution < -0.4 is 0 Å².